The van der Waals surface area contributed by atoms with Crippen LogP contribution in [-0.2, 0) is 14.8 Å². The Kier molecular flexibility index (Phi) is 7.64. The van der Waals surface area contributed by atoms with Crippen molar-refractivity contribution in [2.75, 3.05) is 32.7 Å². The summed E-state index contributed by atoms with van der Waals surface area (Å²) in [6.45, 7) is 4.16. The zero-order valence-electron chi connectivity index (χ0n) is 17.4. The van der Waals surface area contributed by atoms with E-state index in [2.05, 4.69) is 18.6 Å². The topological polar surface area (TPSA) is 84.9 Å². The molecule has 1 N–H and O–H groups in total. The zero-order valence-corrected chi connectivity index (χ0v) is 18.2. The van der Waals surface area contributed by atoms with E-state index in [1.165, 1.54) is 37.3 Å². The Balaban J connectivity index is 2.01. The van der Waals surface area contributed by atoms with Crippen LogP contribution < -0.4 is 19.1 Å². The van der Waals surface area contributed by atoms with Crippen molar-refractivity contribution in [3.8, 4) is 11.5 Å². The van der Waals surface area contributed by atoms with Crippen LogP contribution in [0.2, 0.25) is 0 Å². The first-order valence-corrected chi connectivity index (χ1v) is 10.8. The number of nitrogens with zero attached hydrogens (tertiary/aromatic N) is 1. The molecule has 0 aliphatic carbocycles. The van der Waals surface area contributed by atoms with Gasteiger partial charge in [-0.1, -0.05) is 26.0 Å². The Bertz CT molecular complexity index is 957. The molecule has 0 radical (unpaired) electrons. The fourth-order valence-electron chi connectivity index (χ4n) is 2.76. The molecule has 158 valence electrons. The fraction of sp³-hybridized carbons (Fsp3) is 0.381. The third-order valence-corrected chi connectivity index (χ3v) is 6.05. The number of amides is 1. The van der Waals surface area contributed by atoms with E-state index < -0.39 is 10.0 Å². The number of nitrogens with one attached hydrogen (secondary N) is 1. The molecule has 2 rings (SSSR count). The van der Waals surface area contributed by atoms with Crippen molar-refractivity contribution in [3.05, 3.63) is 48.0 Å². The van der Waals surface area contributed by atoms with Crippen molar-refractivity contribution in [2.45, 2.75) is 31.1 Å². The van der Waals surface area contributed by atoms with Gasteiger partial charge in [-0.15, -0.1) is 0 Å². The van der Waals surface area contributed by atoms with Gasteiger partial charge in [0.05, 0.1) is 19.1 Å². The fourth-order valence-corrected chi connectivity index (χ4v) is 3.81. The second-order valence-corrected chi connectivity index (χ2v) is 8.63. The summed E-state index contributed by atoms with van der Waals surface area (Å²) >= 11 is 0. The van der Waals surface area contributed by atoms with Gasteiger partial charge in [-0.3, -0.25) is 4.79 Å². The van der Waals surface area contributed by atoms with E-state index >= 15 is 0 Å². The third-order valence-electron chi connectivity index (χ3n) is 4.59. The predicted molar refractivity (Wildman–Crippen MR) is 113 cm³/mol. The van der Waals surface area contributed by atoms with Gasteiger partial charge in [-0.05, 0) is 35.7 Å². The lowest BCUT2D eigenvalue weighted by molar-refractivity contribution is -0.118. The van der Waals surface area contributed by atoms with Crippen molar-refractivity contribution in [3.63, 3.8) is 0 Å². The monoisotopic (exact) mass is 420 g/mol. The highest BCUT2D eigenvalue weighted by Gasteiger charge is 2.18. The van der Waals surface area contributed by atoms with Crippen molar-refractivity contribution in [1.29, 1.82) is 0 Å². The first-order valence-electron chi connectivity index (χ1n) is 9.27. The number of benzene rings is 2. The number of carbonyl (C=O) groups excluding carboxylic acids is 1. The van der Waals surface area contributed by atoms with Gasteiger partial charge >= 0.3 is 0 Å². The maximum absolute atomic E-state index is 12.5. The number of carbonyl (C=O) groups is 1. The van der Waals surface area contributed by atoms with Gasteiger partial charge in [0.2, 0.25) is 15.9 Å². The number of hydrogen-bond acceptors (Lipinski definition) is 5. The van der Waals surface area contributed by atoms with Crippen LogP contribution in [0.5, 0.6) is 11.5 Å². The van der Waals surface area contributed by atoms with Crippen LogP contribution in [0.15, 0.2) is 47.4 Å². The van der Waals surface area contributed by atoms with E-state index in [0.29, 0.717) is 17.4 Å². The van der Waals surface area contributed by atoms with Crippen LogP contribution in [0.4, 0.5) is 5.69 Å². The molecule has 0 saturated heterocycles. The lowest BCUT2D eigenvalue weighted by Gasteiger charge is -2.19. The van der Waals surface area contributed by atoms with Crippen LogP contribution in [0.3, 0.4) is 0 Å². The predicted octanol–water partition coefficient (Wildman–Crippen LogP) is 3.16. The summed E-state index contributed by atoms with van der Waals surface area (Å²) < 4.78 is 37.7. The van der Waals surface area contributed by atoms with Gasteiger partial charge in [-0.2, -0.15) is 0 Å². The second kappa shape index (κ2) is 9.76. The summed E-state index contributed by atoms with van der Waals surface area (Å²) in [4.78, 5) is 14.1. The summed E-state index contributed by atoms with van der Waals surface area (Å²) in [5, 5.41) is 0. The van der Waals surface area contributed by atoms with Crippen LogP contribution in [0, 0.1) is 0 Å². The van der Waals surface area contributed by atoms with Crippen LogP contribution in [-0.4, -0.2) is 42.1 Å². The van der Waals surface area contributed by atoms with Gasteiger partial charge in [0, 0.05) is 31.8 Å². The molecule has 0 bridgehead atoms. The van der Waals surface area contributed by atoms with E-state index in [0.717, 1.165) is 11.3 Å². The number of sulfonamides is 1. The van der Waals surface area contributed by atoms with E-state index in [1.807, 2.05) is 24.3 Å². The average Bonchev–Trinajstić information content (AvgIpc) is 2.72. The molecule has 7 nitrogen and oxygen atoms in total. The number of methoxy groups -OCH3 is 2. The molecule has 0 saturated carbocycles. The Labute approximate surface area is 172 Å². The van der Waals surface area contributed by atoms with Crippen molar-refractivity contribution in [1.82, 2.24) is 4.72 Å². The second-order valence-electron chi connectivity index (χ2n) is 6.87. The third kappa shape index (κ3) is 5.71. The van der Waals surface area contributed by atoms with E-state index in [9.17, 15) is 13.2 Å². The molecule has 0 aliphatic heterocycles. The Morgan fingerprint density at radius 1 is 1.07 bits per heavy atom. The lowest BCUT2D eigenvalue weighted by Crippen LogP contribution is -2.32. The molecule has 29 heavy (non-hydrogen) atoms. The lowest BCUT2D eigenvalue weighted by atomic mass is 10.0. The summed E-state index contributed by atoms with van der Waals surface area (Å²) in [5.41, 5.74) is 1.92. The highest BCUT2D eigenvalue weighted by molar-refractivity contribution is 7.89. The van der Waals surface area contributed by atoms with Crippen LogP contribution in [0.1, 0.15) is 31.7 Å². The number of anilines is 1. The molecule has 0 aromatic heterocycles. The summed E-state index contributed by atoms with van der Waals surface area (Å²) in [6.07, 6.45) is 0.0366. The SMILES string of the molecule is COc1ccc(S(=O)(=O)NCCC(=O)N(C)c2cccc(C(C)C)c2)cc1OC. The van der Waals surface area contributed by atoms with Gasteiger partial charge < -0.3 is 14.4 Å². The molecule has 1 amide bonds. The average molecular weight is 421 g/mol. The van der Waals surface area contributed by atoms with Gasteiger partial charge in [0.1, 0.15) is 0 Å². The summed E-state index contributed by atoms with van der Waals surface area (Å²) in [7, 11) is 0.817. The molecule has 2 aromatic rings. The Morgan fingerprint density at radius 2 is 1.76 bits per heavy atom. The molecule has 0 spiro atoms. The minimum Gasteiger partial charge on any atom is -0.493 e. The van der Waals surface area contributed by atoms with Gasteiger partial charge in [-0.25, -0.2) is 13.1 Å². The van der Waals surface area contributed by atoms with Gasteiger partial charge in [0.15, 0.2) is 11.5 Å². The smallest absolute Gasteiger partial charge is 0.240 e. The molecule has 0 unspecified atom stereocenters. The number of ether oxygens (including phenoxy) is 2. The van der Waals surface area contributed by atoms with Crippen molar-refractivity contribution in [2.24, 2.45) is 0 Å². The number of hydrogen-bond donors (Lipinski definition) is 1. The maximum atomic E-state index is 12.5. The summed E-state index contributed by atoms with van der Waals surface area (Å²) in [6, 6.07) is 12.1. The quantitative estimate of drug-likeness (QED) is 0.674. The Hall–Kier alpha value is -2.58. The van der Waals surface area contributed by atoms with E-state index in [1.54, 1.807) is 7.05 Å². The number of rotatable bonds is 9. The first kappa shape index (κ1) is 22.7. The van der Waals surface area contributed by atoms with Crippen LogP contribution >= 0.6 is 0 Å². The largest absolute Gasteiger partial charge is 0.493 e. The molecule has 8 heteroatoms. The molecular formula is C21H28N2O5S. The molecule has 0 aliphatic rings. The van der Waals surface area contributed by atoms with Crippen molar-refractivity contribution >= 4 is 21.6 Å². The minimum absolute atomic E-state index is 0.0102. The molecule has 2 aromatic carbocycles. The highest BCUT2D eigenvalue weighted by Crippen LogP contribution is 2.29. The van der Waals surface area contributed by atoms with Gasteiger partial charge in [0.25, 0.3) is 0 Å². The van der Waals surface area contributed by atoms with E-state index in [4.69, 9.17) is 9.47 Å². The van der Waals surface area contributed by atoms with E-state index in [-0.39, 0.29) is 23.8 Å². The maximum Gasteiger partial charge on any atom is 0.240 e. The highest BCUT2D eigenvalue weighted by atomic mass is 32.2. The Morgan fingerprint density at radius 3 is 2.38 bits per heavy atom. The normalized spacial score (nSPS) is 11.4. The molecular weight excluding hydrogens is 392 g/mol. The summed E-state index contributed by atoms with van der Waals surface area (Å²) in [5.74, 6) is 0.927. The van der Waals surface area contributed by atoms with Crippen molar-refractivity contribution < 1.29 is 22.7 Å². The van der Waals surface area contributed by atoms with Crippen LogP contribution in [0.25, 0.3) is 0 Å². The minimum atomic E-state index is -3.78. The molecule has 0 atom stereocenters. The first-order chi connectivity index (χ1) is 13.7. The standard InChI is InChI=1S/C21H28N2O5S/c1-15(2)16-7-6-8-17(13-16)23(3)21(24)11-12-22-29(25,26)18-9-10-19(27-4)20(14-18)28-5/h6-10,13-15,22H,11-12H2,1-5H3. The molecule has 0 heterocycles. The zero-order chi connectivity index (χ0) is 21.6. The molecule has 0 fully saturated rings.